The number of likely N-dealkylation sites (tertiary alicyclic amines) is 1. The van der Waals surface area contributed by atoms with Crippen molar-refractivity contribution in [3.8, 4) is 0 Å². The number of amides is 2. The Morgan fingerprint density at radius 1 is 1.12 bits per heavy atom. The summed E-state index contributed by atoms with van der Waals surface area (Å²) in [4.78, 5) is 17.2. The number of urea groups is 1. The van der Waals surface area contributed by atoms with E-state index in [4.69, 9.17) is 0 Å². The number of halogens is 1. The standard InChI is InChI=1S/C21H24FN3O/c1-24-12-11-18(14-24)23-21(26)25-13-10-15-4-2-3-5-19(15)20(25)16-6-8-17(22)9-7-16/h2-9,18,20H,10-14H2,1H3,(H,23,26)/t18-,20-/m0/s1. The predicted molar refractivity (Wildman–Crippen MR) is 99.5 cm³/mol. The second-order valence-electron chi connectivity index (χ2n) is 7.29. The van der Waals surface area contributed by atoms with E-state index in [0.29, 0.717) is 6.54 Å². The maximum atomic E-state index is 13.4. The Balaban J connectivity index is 1.64. The third-order valence-electron chi connectivity index (χ3n) is 5.45. The molecule has 2 aromatic carbocycles. The molecule has 2 aliphatic rings. The third kappa shape index (κ3) is 3.31. The van der Waals surface area contributed by atoms with Gasteiger partial charge in [0.05, 0.1) is 6.04 Å². The third-order valence-corrected chi connectivity index (χ3v) is 5.45. The van der Waals surface area contributed by atoms with Gasteiger partial charge in [0, 0.05) is 19.1 Å². The molecule has 0 spiro atoms. The minimum atomic E-state index is -0.261. The lowest BCUT2D eigenvalue weighted by molar-refractivity contribution is 0.176. The van der Waals surface area contributed by atoms with Crippen LogP contribution >= 0.6 is 0 Å². The van der Waals surface area contributed by atoms with E-state index in [1.807, 2.05) is 17.0 Å². The molecule has 1 fully saturated rings. The second kappa shape index (κ2) is 7.08. The number of hydrogen-bond donors (Lipinski definition) is 1. The fourth-order valence-corrected chi connectivity index (χ4v) is 4.10. The Kier molecular flexibility index (Phi) is 4.64. The molecule has 4 rings (SSSR count). The summed E-state index contributed by atoms with van der Waals surface area (Å²) in [6.45, 7) is 2.56. The maximum absolute atomic E-state index is 13.4. The Hall–Kier alpha value is -2.40. The van der Waals surface area contributed by atoms with Gasteiger partial charge >= 0.3 is 6.03 Å². The van der Waals surface area contributed by atoms with E-state index >= 15 is 0 Å². The van der Waals surface area contributed by atoms with Crippen LogP contribution in [0.15, 0.2) is 48.5 Å². The molecular weight excluding hydrogens is 329 g/mol. The SMILES string of the molecule is CN1CC[C@H](NC(=O)N2CCc3ccccc3[C@@H]2c2ccc(F)cc2)C1. The van der Waals surface area contributed by atoms with Crippen LogP contribution in [0.2, 0.25) is 0 Å². The summed E-state index contributed by atoms with van der Waals surface area (Å²) >= 11 is 0. The zero-order chi connectivity index (χ0) is 18.1. The van der Waals surface area contributed by atoms with Crippen LogP contribution in [-0.4, -0.2) is 48.6 Å². The Labute approximate surface area is 153 Å². The predicted octanol–water partition coefficient (Wildman–Crippen LogP) is 3.19. The highest BCUT2D eigenvalue weighted by Gasteiger charge is 2.33. The molecule has 2 amide bonds. The molecule has 4 nitrogen and oxygen atoms in total. The first-order chi connectivity index (χ1) is 12.6. The smallest absolute Gasteiger partial charge is 0.318 e. The molecule has 2 aromatic rings. The minimum Gasteiger partial charge on any atom is -0.334 e. The summed E-state index contributed by atoms with van der Waals surface area (Å²) in [5.41, 5.74) is 3.33. The topological polar surface area (TPSA) is 35.6 Å². The monoisotopic (exact) mass is 353 g/mol. The largest absolute Gasteiger partial charge is 0.334 e. The number of likely N-dealkylation sites (N-methyl/N-ethyl adjacent to an activating group) is 1. The second-order valence-corrected chi connectivity index (χ2v) is 7.29. The van der Waals surface area contributed by atoms with E-state index in [9.17, 15) is 9.18 Å². The lowest BCUT2D eigenvalue weighted by Crippen LogP contribution is -2.49. The molecule has 26 heavy (non-hydrogen) atoms. The van der Waals surface area contributed by atoms with Crippen LogP contribution in [0.1, 0.15) is 29.2 Å². The average molecular weight is 353 g/mol. The normalized spacial score (nSPS) is 22.9. The van der Waals surface area contributed by atoms with Crippen LogP contribution in [0, 0.1) is 5.82 Å². The number of rotatable bonds is 2. The first kappa shape index (κ1) is 17.0. The van der Waals surface area contributed by atoms with Gasteiger partial charge in [0.25, 0.3) is 0 Å². The van der Waals surface area contributed by atoms with E-state index < -0.39 is 0 Å². The lowest BCUT2D eigenvalue weighted by Gasteiger charge is -2.38. The summed E-state index contributed by atoms with van der Waals surface area (Å²) in [6.07, 6.45) is 1.82. The van der Waals surface area contributed by atoms with Crippen molar-refractivity contribution in [1.82, 2.24) is 15.1 Å². The number of carbonyl (C=O) groups excluding carboxylic acids is 1. The molecule has 1 saturated heterocycles. The minimum absolute atomic E-state index is 0.0332. The van der Waals surface area contributed by atoms with E-state index in [1.54, 1.807) is 12.1 Å². The number of nitrogens with one attached hydrogen (secondary N) is 1. The fraction of sp³-hybridized carbons (Fsp3) is 0.381. The highest BCUT2D eigenvalue weighted by molar-refractivity contribution is 5.76. The van der Waals surface area contributed by atoms with Gasteiger partial charge in [0.2, 0.25) is 0 Å². The Morgan fingerprint density at radius 3 is 2.62 bits per heavy atom. The maximum Gasteiger partial charge on any atom is 0.318 e. The molecule has 2 aliphatic heterocycles. The first-order valence-electron chi connectivity index (χ1n) is 9.21. The molecule has 0 radical (unpaired) electrons. The van der Waals surface area contributed by atoms with Gasteiger partial charge < -0.3 is 15.1 Å². The van der Waals surface area contributed by atoms with Gasteiger partial charge in [-0.25, -0.2) is 9.18 Å². The summed E-state index contributed by atoms with van der Waals surface area (Å²) in [6, 6.07) is 14.7. The molecule has 136 valence electrons. The highest BCUT2D eigenvalue weighted by atomic mass is 19.1. The van der Waals surface area contributed by atoms with Crippen LogP contribution in [0.3, 0.4) is 0 Å². The van der Waals surface area contributed by atoms with Gasteiger partial charge in [-0.05, 0) is 55.3 Å². The molecule has 5 heteroatoms. The fourth-order valence-electron chi connectivity index (χ4n) is 4.10. The number of benzene rings is 2. The van der Waals surface area contributed by atoms with E-state index in [2.05, 4.69) is 29.4 Å². The Morgan fingerprint density at radius 2 is 1.88 bits per heavy atom. The van der Waals surface area contributed by atoms with Crippen molar-refractivity contribution in [2.24, 2.45) is 0 Å². The van der Waals surface area contributed by atoms with E-state index in [1.165, 1.54) is 17.7 Å². The van der Waals surface area contributed by atoms with Crippen LogP contribution in [0.25, 0.3) is 0 Å². The Bertz CT molecular complexity index is 792. The zero-order valence-electron chi connectivity index (χ0n) is 15.0. The van der Waals surface area contributed by atoms with Crippen LogP contribution in [-0.2, 0) is 6.42 Å². The number of carbonyl (C=O) groups is 1. The van der Waals surface area contributed by atoms with Crippen molar-refractivity contribution in [2.45, 2.75) is 24.9 Å². The number of hydrogen-bond acceptors (Lipinski definition) is 2. The van der Waals surface area contributed by atoms with Crippen molar-refractivity contribution in [3.63, 3.8) is 0 Å². The molecule has 2 heterocycles. The molecule has 2 atom stereocenters. The van der Waals surface area contributed by atoms with Crippen LogP contribution < -0.4 is 5.32 Å². The first-order valence-corrected chi connectivity index (χ1v) is 9.21. The number of fused-ring (bicyclic) bond motifs is 1. The van der Waals surface area contributed by atoms with Gasteiger partial charge in [0.15, 0.2) is 0 Å². The van der Waals surface area contributed by atoms with Gasteiger partial charge in [-0.1, -0.05) is 36.4 Å². The zero-order valence-corrected chi connectivity index (χ0v) is 15.0. The summed E-state index contributed by atoms with van der Waals surface area (Å²) < 4.78 is 13.4. The van der Waals surface area contributed by atoms with Crippen molar-refractivity contribution in [3.05, 3.63) is 71.0 Å². The van der Waals surface area contributed by atoms with Gasteiger partial charge in [-0.3, -0.25) is 0 Å². The molecule has 0 bridgehead atoms. The van der Waals surface area contributed by atoms with E-state index in [0.717, 1.165) is 37.1 Å². The van der Waals surface area contributed by atoms with Gasteiger partial charge in [-0.15, -0.1) is 0 Å². The van der Waals surface area contributed by atoms with Gasteiger partial charge in [-0.2, -0.15) is 0 Å². The van der Waals surface area contributed by atoms with Crippen LogP contribution in [0.5, 0.6) is 0 Å². The average Bonchev–Trinajstić information content (AvgIpc) is 3.06. The molecule has 0 aromatic heterocycles. The summed E-state index contributed by atoms with van der Waals surface area (Å²) in [5, 5.41) is 3.19. The summed E-state index contributed by atoms with van der Waals surface area (Å²) in [7, 11) is 2.07. The van der Waals surface area contributed by atoms with Gasteiger partial charge in [0.1, 0.15) is 5.82 Å². The van der Waals surface area contributed by atoms with E-state index in [-0.39, 0.29) is 23.9 Å². The quantitative estimate of drug-likeness (QED) is 0.900. The van der Waals surface area contributed by atoms with Crippen molar-refractivity contribution < 1.29 is 9.18 Å². The van der Waals surface area contributed by atoms with Crippen molar-refractivity contribution >= 4 is 6.03 Å². The highest BCUT2D eigenvalue weighted by Crippen LogP contribution is 2.35. The number of nitrogens with zero attached hydrogens (tertiary/aromatic N) is 2. The summed E-state index contributed by atoms with van der Waals surface area (Å²) in [5.74, 6) is -0.261. The molecule has 0 aliphatic carbocycles. The van der Waals surface area contributed by atoms with Crippen LogP contribution in [0.4, 0.5) is 9.18 Å². The molecule has 1 N–H and O–H groups in total. The molecule has 0 saturated carbocycles. The van der Waals surface area contributed by atoms with Crippen molar-refractivity contribution in [1.29, 1.82) is 0 Å². The van der Waals surface area contributed by atoms with Crippen molar-refractivity contribution in [2.75, 3.05) is 26.7 Å². The molecular formula is C21H24FN3O. The molecule has 0 unspecified atom stereocenters. The lowest BCUT2D eigenvalue weighted by atomic mass is 9.88.